The second-order valence-electron chi connectivity index (χ2n) is 5.34. The van der Waals surface area contributed by atoms with Crippen LogP contribution in [0.5, 0.6) is 0 Å². The Kier molecular flexibility index (Phi) is 3.68. The lowest BCUT2D eigenvalue weighted by atomic mass is 9.97. The molecule has 1 aromatic carbocycles. The van der Waals surface area contributed by atoms with Crippen LogP contribution in [0.3, 0.4) is 0 Å². The topological polar surface area (TPSA) is 37.8 Å². The molecular formula is C16H13Cl2N3S. The summed E-state index contributed by atoms with van der Waals surface area (Å²) in [4.78, 5) is 11.2. The normalized spacial score (nSPS) is 14.1. The van der Waals surface area contributed by atoms with E-state index in [4.69, 9.17) is 23.2 Å². The number of para-hydroxylation sites is 1. The number of aryl methyl sites for hydroxylation is 2. The lowest BCUT2D eigenvalue weighted by molar-refractivity contribution is 0.700. The van der Waals surface area contributed by atoms with Gasteiger partial charge in [0.05, 0.1) is 16.1 Å². The van der Waals surface area contributed by atoms with E-state index in [0.717, 1.165) is 34.6 Å². The highest BCUT2D eigenvalue weighted by atomic mass is 35.5. The Bertz CT molecular complexity index is 860. The average molecular weight is 350 g/mol. The van der Waals surface area contributed by atoms with Crippen molar-refractivity contribution in [2.75, 3.05) is 5.32 Å². The number of fused-ring (bicyclic) bond motifs is 3. The number of thiophene rings is 1. The minimum Gasteiger partial charge on any atom is -0.338 e. The fourth-order valence-electron chi connectivity index (χ4n) is 2.91. The molecule has 6 heteroatoms. The summed E-state index contributed by atoms with van der Waals surface area (Å²) in [6.07, 6.45) is 4.66. The molecular weight excluding hydrogens is 337 g/mol. The van der Waals surface area contributed by atoms with Gasteiger partial charge in [0.2, 0.25) is 5.28 Å². The Morgan fingerprint density at radius 1 is 1.05 bits per heavy atom. The average Bonchev–Trinajstić information content (AvgIpc) is 2.87. The molecule has 0 spiro atoms. The molecule has 0 fully saturated rings. The smallest absolute Gasteiger partial charge is 0.225 e. The number of nitrogens with one attached hydrogen (secondary N) is 1. The van der Waals surface area contributed by atoms with E-state index in [9.17, 15) is 0 Å². The number of aromatic nitrogens is 2. The van der Waals surface area contributed by atoms with Crippen molar-refractivity contribution < 1.29 is 0 Å². The van der Waals surface area contributed by atoms with Crippen molar-refractivity contribution in [3.63, 3.8) is 0 Å². The van der Waals surface area contributed by atoms with Gasteiger partial charge >= 0.3 is 0 Å². The van der Waals surface area contributed by atoms with Crippen LogP contribution in [-0.2, 0) is 12.8 Å². The molecule has 1 N–H and O–H groups in total. The van der Waals surface area contributed by atoms with Crippen LogP contribution in [0, 0.1) is 0 Å². The number of hydrogen-bond donors (Lipinski definition) is 1. The van der Waals surface area contributed by atoms with E-state index >= 15 is 0 Å². The zero-order valence-electron chi connectivity index (χ0n) is 11.7. The van der Waals surface area contributed by atoms with Crippen molar-refractivity contribution in [1.82, 2.24) is 9.97 Å². The molecule has 1 aliphatic rings. The maximum Gasteiger partial charge on any atom is 0.225 e. The number of halogens is 2. The second kappa shape index (κ2) is 5.69. The molecule has 112 valence electrons. The largest absolute Gasteiger partial charge is 0.338 e. The SMILES string of the molecule is Clc1nc(Nc2ccccc2Cl)c2c3c(sc2n1)CCCC3. The van der Waals surface area contributed by atoms with Crippen LogP contribution in [0.1, 0.15) is 23.3 Å². The second-order valence-corrected chi connectivity index (χ2v) is 7.17. The zero-order valence-corrected chi connectivity index (χ0v) is 14.0. The van der Waals surface area contributed by atoms with E-state index < -0.39 is 0 Å². The fourth-order valence-corrected chi connectivity index (χ4v) is 4.58. The highest BCUT2D eigenvalue weighted by Gasteiger charge is 2.21. The van der Waals surface area contributed by atoms with Gasteiger partial charge in [0.1, 0.15) is 10.6 Å². The summed E-state index contributed by atoms with van der Waals surface area (Å²) in [6, 6.07) is 7.63. The van der Waals surface area contributed by atoms with Gasteiger partial charge in [0, 0.05) is 4.88 Å². The lowest BCUT2D eigenvalue weighted by Gasteiger charge is -2.13. The van der Waals surface area contributed by atoms with Gasteiger partial charge in [0.25, 0.3) is 0 Å². The summed E-state index contributed by atoms with van der Waals surface area (Å²) < 4.78 is 0. The first kappa shape index (κ1) is 14.2. The van der Waals surface area contributed by atoms with E-state index in [1.54, 1.807) is 11.3 Å². The maximum atomic E-state index is 6.25. The van der Waals surface area contributed by atoms with Crippen molar-refractivity contribution in [2.45, 2.75) is 25.7 Å². The van der Waals surface area contributed by atoms with Crippen LogP contribution in [0.4, 0.5) is 11.5 Å². The van der Waals surface area contributed by atoms with Crippen LogP contribution in [-0.4, -0.2) is 9.97 Å². The number of anilines is 2. The summed E-state index contributed by atoms with van der Waals surface area (Å²) in [6.45, 7) is 0. The minimum atomic E-state index is 0.264. The molecule has 0 radical (unpaired) electrons. The molecule has 3 nitrogen and oxygen atoms in total. The Labute approximate surface area is 142 Å². The Morgan fingerprint density at radius 2 is 1.86 bits per heavy atom. The molecule has 4 rings (SSSR count). The summed E-state index contributed by atoms with van der Waals surface area (Å²) in [7, 11) is 0. The van der Waals surface area contributed by atoms with Crippen LogP contribution >= 0.6 is 34.5 Å². The Morgan fingerprint density at radius 3 is 2.73 bits per heavy atom. The van der Waals surface area contributed by atoms with Crippen molar-refractivity contribution in [3.8, 4) is 0 Å². The van der Waals surface area contributed by atoms with Gasteiger partial charge in [-0.15, -0.1) is 11.3 Å². The third kappa shape index (κ3) is 2.45. The third-order valence-electron chi connectivity index (χ3n) is 3.91. The van der Waals surface area contributed by atoms with Crippen LogP contribution in [0.15, 0.2) is 24.3 Å². The van der Waals surface area contributed by atoms with Crippen molar-refractivity contribution in [2.24, 2.45) is 0 Å². The van der Waals surface area contributed by atoms with Crippen LogP contribution in [0.25, 0.3) is 10.2 Å². The van der Waals surface area contributed by atoms with Gasteiger partial charge in [0.15, 0.2) is 0 Å². The molecule has 1 aliphatic carbocycles. The van der Waals surface area contributed by atoms with E-state index in [-0.39, 0.29) is 5.28 Å². The van der Waals surface area contributed by atoms with Crippen LogP contribution < -0.4 is 5.32 Å². The highest BCUT2D eigenvalue weighted by Crippen LogP contribution is 2.40. The van der Waals surface area contributed by atoms with Crippen molar-refractivity contribution >= 4 is 56.3 Å². The monoisotopic (exact) mass is 349 g/mol. The standard InChI is InChI=1S/C16H13Cl2N3S/c17-10-6-2-3-7-11(10)19-14-13-9-5-1-4-8-12(9)22-15(13)21-16(18)20-14/h2-3,6-7H,1,4-5,8H2,(H,19,20,21). The molecule has 0 saturated carbocycles. The lowest BCUT2D eigenvalue weighted by Crippen LogP contribution is -2.01. The zero-order chi connectivity index (χ0) is 15.1. The van der Waals surface area contributed by atoms with Crippen molar-refractivity contribution in [1.29, 1.82) is 0 Å². The molecule has 3 aromatic rings. The minimum absolute atomic E-state index is 0.264. The number of hydrogen-bond acceptors (Lipinski definition) is 4. The van der Waals surface area contributed by atoms with Gasteiger partial charge in [-0.3, -0.25) is 0 Å². The van der Waals surface area contributed by atoms with Gasteiger partial charge in [-0.05, 0) is 55.0 Å². The third-order valence-corrected chi connectivity index (χ3v) is 5.60. The number of rotatable bonds is 2. The Hall–Kier alpha value is -1.36. The van der Waals surface area contributed by atoms with E-state index in [0.29, 0.717) is 5.02 Å². The molecule has 0 atom stereocenters. The predicted molar refractivity (Wildman–Crippen MR) is 93.8 cm³/mol. The first-order chi connectivity index (χ1) is 10.7. The quantitative estimate of drug-likeness (QED) is 0.610. The van der Waals surface area contributed by atoms with E-state index in [1.807, 2.05) is 24.3 Å². The summed E-state index contributed by atoms with van der Waals surface area (Å²) >= 11 is 14.1. The van der Waals surface area contributed by atoms with Crippen molar-refractivity contribution in [3.05, 3.63) is 45.0 Å². The molecule has 2 heterocycles. The number of benzene rings is 1. The number of nitrogens with zero attached hydrogens (tertiary/aromatic N) is 2. The van der Waals surface area contributed by atoms with E-state index in [2.05, 4.69) is 15.3 Å². The molecule has 22 heavy (non-hydrogen) atoms. The highest BCUT2D eigenvalue weighted by molar-refractivity contribution is 7.19. The fraction of sp³-hybridized carbons (Fsp3) is 0.250. The Balaban J connectivity index is 1.89. The summed E-state index contributed by atoms with van der Waals surface area (Å²) in [5, 5.41) is 5.36. The van der Waals surface area contributed by atoms with Gasteiger partial charge in [-0.1, -0.05) is 23.7 Å². The van der Waals surface area contributed by atoms with Gasteiger partial charge < -0.3 is 5.32 Å². The van der Waals surface area contributed by atoms with Gasteiger partial charge in [-0.25, -0.2) is 4.98 Å². The molecule has 0 aliphatic heterocycles. The molecule has 0 saturated heterocycles. The summed E-state index contributed by atoms with van der Waals surface area (Å²) in [5.41, 5.74) is 2.20. The maximum absolute atomic E-state index is 6.25. The predicted octanol–water partition coefficient (Wildman–Crippen LogP) is 5.62. The summed E-state index contributed by atoms with van der Waals surface area (Å²) in [5.74, 6) is 0.752. The van der Waals surface area contributed by atoms with E-state index in [1.165, 1.54) is 23.3 Å². The molecule has 0 bridgehead atoms. The molecule has 2 aromatic heterocycles. The first-order valence-electron chi connectivity index (χ1n) is 7.22. The van der Waals surface area contributed by atoms with Gasteiger partial charge in [-0.2, -0.15) is 4.98 Å². The molecule has 0 unspecified atom stereocenters. The molecule has 0 amide bonds. The van der Waals surface area contributed by atoms with Crippen LogP contribution in [0.2, 0.25) is 10.3 Å². The first-order valence-corrected chi connectivity index (χ1v) is 8.79.